The highest BCUT2D eigenvalue weighted by Crippen LogP contribution is 2.10. The van der Waals surface area contributed by atoms with E-state index in [4.69, 9.17) is 5.73 Å². The van der Waals surface area contributed by atoms with E-state index in [2.05, 4.69) is 10.6 Å². The molecule has 2 amide bonds. The number of hydrogen-bond donors (Lipinski definition) is 3. The summed E-state index contributed by atoms with van der Waals surface area (Å²) >= 11 is 0. The molecule has 22 heavy (non-hydrogen) atoms. The number of rotatable bonds is 8. The first kappa shape index (κ1) is 20.4. The lowest BCUT2D eigenvalue weighted by Gasteiger charge is -2.08. The van der Waals surface area contributed by atoms with Crippen molar-refractivity contribution >= 4 is 29.9 Å². The Bertz CT molecular complexity index is 461. The minimum atomic E-state index is 0. The summed E-state index contributed by atoms with van der Waals surface area (Å²) in [5.41, 5.74) is 7.39. The Kier molecular flexibility index (Phi) is 10.2. The average molecular weight is 328 g/mol. The molecule has 0 aliphatic rings. The summed E-state index contributed by atoms with van der Waals surface area (Å²) in [5, 5.41) is 5.68. The Morgan fingerprint density at radius 2 is 1.77 bits per heavy atom. The molecule has 0 aliphatic heterocycles. The minimum absolute atomic E-state index is 0. The summed E-state index contributed by atoms with van der Waals surface area (Å²) in [7, 11) is 0. The summed E-state index contributed by atoms with van der Waals surface area (Å²) in [5.74, 6) is 0.0297. The van der Waals surface area contributed by atoms with Gasteiger partial charge in [0.05, 0.1) is 0 Å². The third-order valence-corrected chi connectivity index (χ3v) is 3.03. The maximum absolute atomic E-state index is 11.6. The normalized spacial score (nSPS) is 11.2. The lowest BCUT2D eigenvalue weighted by molar-refractivity contribution is -0.121. The molecular weight excluding hydrogens is 302 g/mol. The van der Waals surface area contributed by atoms with Crippen LogP contribution in [0.1, 0.15) is 45.1 Å². The Labute approximate surface area is 138 Å². The van der Waals surface area contributed by atoms with Gasteiger partial charge in [-0.25, -0.2) is 0 Å². The number of nitrogens with one attached hydrogen (secondary N) is 2. The second-order valence-corrected chi connectivity index (χ2v) is 5.29. The van der Waals surface area contributed by atoms with Crippen molar-refractivity contribution in [2.45, 2.75) is 52.1 Å². The molecule has 0 aliphatic carbocycles. The third kappa shape index (κ3) is 8.64. The van der Waals surface area contributed by atoms with Crippen molar-refractivity contribution in [1.29, 1.82) is 0 Å². The molecule has 124 valence electrons. The van der Waals surface area contributed by atoms with Crippen LogP contribution in [-0.4, -0.2) is 17.9 Å². The van der Waals surface area contributed by atoms with Crippen molar-refractivity contribution in [2.75, 3.05) is 5.32 Å². The summed E-state index contributed by atoms with van der Waals surface area (Å²) in [4.78, 5) is 23.0. The smallest absolute Gasteiger partial charge is 0.224 e. The fraction of sp³-hybridized carbons (Fsp3) is 0.500. The van der Waals surface area contributed by atoms with Crippen LogP contribution in [0, 0.1) is 0 Å². The van der Waals surface area contributed by atoms with Crippen LogP contribution in [-0.2, 0) is 16.1 Å². The zero-order valence-corrected chi connectivity index (χ0v) is 14.0. The maximum Gasteiger partial charge on any atom is 0.224 e. The standard InChI is InChI=1S/C16H25N3O2.ClH/c1-3-4-16(21)19-14-8-6-13(7-9-14)11-18-15(20)10-5-12(2)17;/h6-9,12H,3-5,10-11,17H2,1-2H3,(H,18,20)(H,19,21);1H. The molecule has 0 aromatic heterocycles. The number of anilines is 1. The summed E-state index contributed by atoms with van der Waals surface area (Å²) in [6.07, 6.45) is 2.49. The maximum atomic E-state index is 11.6. The van der Waals surface area contributed by atoms with Gasteiger partial charge in [-0.05, 0) is 37.5 Å². The number of benzene rings is 1. The molecule has 1 aromatic rings. The monoisotopic (exact) mass is 327 g/mol. The molecule has 0 fully saturated rings. The highest BCUT2D eigenvalue weighted by atomic mass is 35.5. The summed E-state index contributed by atoms with van der Waals surface area (Å²) in [6, 6.07) is 7.52. The molecule has 0 radical (unpaired) electrons. The van der Waals surface area contributed by atoms with Crippen molar-refractivity contribution < 1.29 is 9.59 Å². The van der Waals surface area contributed by atoms with Gasteiger partial charge in [0, 0.05) is 31.1 Å². The Morgan fingerprint density at radius 3 is 2.32 bits per heavy atom. The van der Waals surface area contributed by atoms with E-state index in [-0.39, 0.29) is 30.3 Å². The van der Waals surface area contributed by atoms with Gasteiger partial charge in [0.15, 0.2) is 0 Å². The van der Waals surface area contributed by atoms with Crippen molar-refractivity contribution in [3.05, 3.63) is 29.8 Å². The first-order valence-electron chi connectivity index (χ1n) is 7.42. The zero-order chi connectivity index (χ0) is 15.7. The second-order valence-electron chi connectivity index (χ2n) is 5.29. The molecule has 1 aromatic carbocycles. The van der Waals surface area contributed by atoms with E-state index in [1.807, 2.05) is 38.1 Å². The van der Waals surface area contributed by atoms with Gasteiger partial charge in [-0.2, -0.15) is 0 Å². The van der Waals surface area contributed by atoms with Gasteiger partial charge in [-0.15, -0.1) is 12.4 Å². The second kappa shape index (κ2) is 11.0. The van der Waals surface area contributed by atoms with Gasteiger partial charge in [0.1, 0.15) is 0 Å². The van der Waals surface area contributed by atoms with Gasteiger partial charge in [0.25, 0.3) is 0 Å². The van der Waals surface area contributed by atoms with Crippen molar-refractivity contribution in [3.8, 4) is 0 Å². The van der Waals surface area contributed by atoms with Crippen LogP contribution >= 0.6 is 12.4 Å². The van der Waals surface area contributed by atoms with Crippen LogP contribution < -0.4 is 16.4 Å². The SMILES string of the molecule is CCCC(=O)Nc1ccc(CNC(=O)CCC(C)N)cc1.Cl. The third-order valence-electron chi connectivity index (χ3n) is 3.03. The minimum Gasteiger partial charge on any atom is -0.352 e. The van der Waals surface area contributed by atoms with E-state index in [0.29, 0.717) is 25.8 Å². The quantitative estimate of drug-likeness (QED) is 0.686. The number of amides is 2. The van der Waals surface area contributed by atoms with E-state index < -0.39 is 0 Å². The number of halogens is 1. The van der Waals surface area contributed by atoms with E-state index in [1.165, 1.54) is 0 Å². The molecule has 0 saturated carbocycles. The first-order chi connectivity index (χ1) is 10.0. The molecular formula is C16H26ClN3O2. The van der Waals surface area contributed by atoms with E-state index in [1.54, 1.807) is 0 Å². The predicted octanol–water partition coefficient (Wildman–Crippen LogP) is 2.59. The van der Waals surface area contributed by atoms with Crippen molar-refractivity contribution in [2.24, 2.45) is 5.73 Å². The molecule has 6 heteroatoms. The Morgan fingerprint density at radius 1 is 1.14 bits per heavy atom. The number of hydrogen-bond acceptors (Lipinski definition) is 3. The summed E-state index contributed by atoms with van der Waals surface area (Å²) < 4.78 is 0. The first-order valence-corrected chi connectivity index (χ1v) is 7.42. The molecule has 0 bridgehead atoms. The molecule has 0 saturated heterocycles. The van der Waals surface area contributed by atoms with Gasteiger partial charge in [-0.1, -0.05) is 19.1 Å². The summed E-state index contributed by atoms with van der Waals surface area (Å²) in [6.45, 7) is 4.34. The van der Waals surface area contributed by atoms with E-state index in [0.717, 1.165) is 17.7 Å². The van der Waals surface area contributed by atoms with E-state index >= 15 is 0 Å². The van der Waals surface area contributed by atoms with Crippen LogP contribution in [0.5, 0.6) is 0 Å². The fourth-order valence-electron chi connectivity index (χ4n) is 1.80. The van der Waals surface area contributed by atoms with Gasteiger partial charge in [-0.3, -0.25) is 9.59 Å². The largest absolute Gasteiger partial charge is 0.352 e. The zero-order valence-electron chi connectivity index (χ0n) is 13.2. The molecule has 4 N–H and O–H groups in total. The number of nitrogens with two attached hydrogens (primary N) is 1. The van der Waals surface area contributed by atoms with Crippen molar-refractivity contribution in [3.63, 3.8) is 0 Å². The van der Waals surface area contributed by atoms with Gasteiger partial charge < -0.3 is 16.4 Å². The molecule has 1 atom stereocenters. The molecule has 1 rings (SSSR count). The van der Waals surface area contributed by atoms with Crippen LogP contribution in [0.3, 0.4) is 0 Å². The fourth-order valence-corrected chi connectivity index (χ4v) is 1.80. The number of carbonyl (C=O) groups excluding carboxylic acids is 2. The van der Waals surface area contributed by atoms with Gasteiger partial charge >= 0.3 is 0 Å². The van der Waals surface area contributed by atoms with E-state index in [9.17, 15) is 9.59 Å². The predicted molar refractivity (Wildman–Crippen MR) is 92.0 cm³/mol. The molecule has 0 heterocycles. The van der Waals surface area contributed by atoms with Crippen LogP contribution in [0.15, 0.2) is 24.3 Å². The van der Waals surface area contributed by atoms with Crippen LogP contribution in [0.25, 0.3) is 0 Å². The Hall–Kier alpha value is -1.59. The molecule has 0 spiro atoms. The topological polar surface area (TPSA) is 84.2 Å². The highest BCUT2D eigenvalue weighted by molar-refractivity contribution is 5.90. The Balaban J connectivity index is 0.00000441. The lowest BCUT2D eigenvalue weighted by atomic mass is 10.1. The highest BCUT2D eigenvalue weighted by Gasteiger charge is 2.04. The average Bonchev–Trinajstić information content (AvgIpc) is 2.44. The van der Waals surface area contributed by atoms with Crippen LogP contribution in [0.2, 0.25) is 0 Å². The lowest BCUT2D eigenvalue weighted by Crippen LogP contribution is -2.25. The van der Waals surface area contributed by atoms with Crippen molar-refractivity contribution in [1.82, 2.24) is 5.32 Å². The van der Waals surface area contributed by atoms with Crippen LogP contribution in [0.4, 0.5) is 5.69 Å². The molecule has 1 unspecified atom stereocenters. The number of carbonyl (C=O) groups is 2. The van der Waals surface area contributed by atoms with Gasteiger partial charge in [0.2, 0.25) is 11.8 Å². The molecule has 5 nitrogen and oxygen atoms in total.